The molecule has 0 saturated heterocycles. The number of imidazole rings is 1. The van der Waals surface area contributed by atoms with Gasteiger partial charge in [0.1, 0.15) is 5.82 Å². The van der Waals surface area contributed by atoms with Crippen LogP contribution in [0.4, 0.5) is 0 Å². The number of aromatic nitrogens is 2. The lowest BCUT2D eigenvalue weighted by Crippen LogP contribution is -2.07. The van der Waals surface area contributed by atoms with Crippen molar-refractivity contribution >= 4 is 11.0 Å². The van der Waals surface area contributed by atoms with E-state index in [-0.39, 0.29) is 0 Å². The number of benzene rings is 2. The first-order valence-corrected chi connectivity index (χ1v) is 7.14. The van der Waals surface area contributed by atoms with Crippen LogP contribution in [0.1, 0.15) is 36.7 Å². The number of para-hydroxylation sites is 2. The van der Waals surface area contributed by atoms with Crippen molar-refractivity contribution in [3.63, 3.8) is 0 Å². The third kappa shape index (κ3) is 2.41. The highest BCUT2D eigenvalue weighted by atomic mass is 15.1. The number of nitriles is 1. The van der Waals surface area contributed by atoms with Gasteiger partial charge in [0.25, 0.3) is 0 Å². The summed E-state index contributed by atoms with van der Waals surface area (Å²) >= 11 is 0. The third-order valence-corrected chi connectivity index (χ3v) is 3.67. The molecule has 0 aliphatic heterocycles. The molecule has 0 atom stereocenters. The Morgan fingerprint density at radius 2 is 1.81 bits per heavy atom. The monoisotopic (exact) mass is 275 g/mol. The Balaban J connectivity index is 2.15. The standard InChI is InChI=1S/C18H17N3/c1-13(2)18-20-16-9-5-6-10-17(16)21(18)12-15-8-4-3-7-14(15)11-19/h3-10,13H,12H2,1-2H3. The minimum atomic E-state index is 0.339. The average molecular weight is 275 g/mol. The second kappa shape index (κ2) is 5.41. The fourth-order valence-corrected chi connectivity index (χ4v) is 2.64. The van der Waals surface area contributed by atoms with Gasteiger partial charge < -0.3 is 4.57 Å². The zero-order valence-corrected chi connectivity index (χ0v) is 12.2. The molecule has 2 aromatic carbocycles. The quantitative estimate of drug-likeness (QED) is 0.722. The van der Waals surface area contributed by atoms with Gasteiger partial charge in [-0.1, -0.05) is 44.2 Å². The molecule has 0 bridgehead atoms. The summed E-state index contributed by atoms with van der Waals surface area (Å²) in [7, 11) is 0. The maximum absolute atomic E-state index is 9.26. The lowest BCUT2D eigenvalue weighted by Gasteiger charge is -2.12. The van der Waals surface area contributed by atoms with Gasteiger partial charge in [0.05, 0.1) is 29.2 Å². The fraction of sp³-hybridized carbons (Fsp3) is 0.222. The third-order valence-electron chi connectivity index (χ3n) is 3.67. The van der Waals surface area contributed by atoms with Gasteiger partial charge in [-0.15, -0.1) is 0 Å². The van der Waals surface area contributed by atoms with Gasteiger partial charge in [-0.3, -0.25) is 0 Å². The van der Waals surface area contributed by atoms with Crippen LogP contribution < -0.4 is 0 Å². The van der Waals surface area contributed by atoms with E-state index in [4.69, 9.17) is 4.98 Å². The maximum Gasteiger partial charge on any atom is 0.112 e. The first-order valence-electron chi connectivity index (χ1n) is 7.14. The van der Waals surface area contributed by atoms with E-state index in [0.717, 1.165) is 28.0 Å². The molecule has 3 aromatic rings. The molecule has 0 spiro atoms. The van der Waals surface area contributed by atoms with E-state index in [1.165, 1.54) is 0 Å². The smallest absolute Gasteiger partial charge is 0.112 e. The Hall–Kier alpha value is -2.60. The number of hydrogen-bond acceptors (Lipinski definition) is 2. The molecule has 0 fully saturated rings. The van der Waals surface area contributed by atoms with Crippen LogP contribution >= 0.6 is 0 Å². The summed E-state index contributed by atoms with van der Waals surface area (Å²) in [6.45, 7) is 4.97. The number of fused-ring (bicyclic) bond motifs is 1. The highest BCUT2D eigenvalue weighted by Crippen LogP contribution is 2.23. The lowest BCUT2D eigenvalue weighted by atomic mass is 10.1. The van der Waals surface area contributed by atoms with Gasteiger partial charge >= 0.3 is 0 Å². The molecule has 1 aromatic heterocycles. The van der Waals surface area contributed by atoms with Gasteiger partial charge in [0, 0.05) is 5.92 Å². The molecule has 0 N–H and O–H groups in total. The van der Waals surface area contributed by atoms with E-state index in [2.05, 4.69) is 30.6 Å². The van der Waals surface area contributed by atoms with Crippen molar-refractivity contribution in [1.29, 1.82) is 5.26 Å². The maximum atomic E-state index is 9.26. The van der Waals surface area contributed by atoms with Crippen molar-refractivity contribution in [2.24, 2.45) is 0 Å². The Morgan fingerprint density at radius 1 is 1.10 bits per heavy atom. The fourth-order valence-electron chi connectivity index (χ4n) is 2.64. The number of hydrogen-bond donors (Lipinski definition) is 0. The molecular formula is C18H17N3. The Bertz CT molecular complexity index is 822. The van der Waals surface area contributed by atoms with Crippen molar-refractivity contribution in [1.82, 2.24) is 9.55 Å². The van der Waals surface area contributed by atoms with E-state index < -0.39 is 0 Å². The van der Waals surface area contributed by atoms with Gasteiger partial charge in [-0.05, 0) is 23.8 Å². The molecule has 3 nitrogen and oxygen atoms in total. The zero-order chi connectivity index (χ0) is 14.8. The molecule has 21 heavy (non-hydrogen) atoms. The predicted octanol–water partition coefficient (Wildman–Crippen LogP) is 4.08. The summed E-state index contributed by atoms with van der Waals surface area (Å²) in [5.74, 6) is 1.40. The van der Waals surface area contributed by atoms with Crippen LogP contribution in [0.5, 0.6) is 0 Å². The molecule has 1 heterocycles. The first-order chi connectivity index (χ1) is 10.2. The SMILES string of the molecule is CC(C)c1nc2ccccc2n1Cc1ccccc1C#N. The van der Waals surface area contributed by atoms with Crippen LogP contribution in [0.3, 0.4) is 0 Å². The minimum Gasteiger partial charge on any atom is -0.323 e. The largest absolute Gasteiger partial charge is 0.323 e. The van der Waals surface area contributed by atoms with Crippen molar-refractivity contribution in [3.05, 3.63) is 65.5 Å². The van der Waals surface area contributed by atoms with Crippen molar-refractivity contribution < 1.29 is 0 Å². The van der Waals surface area contributed by atoms with Crippen molar-refractivity contribution in [2.75, 3.05) is 0 Å². The van der Waals surface area contributed by atoms with Crippen LogP contribution in [-0.2, 0) is 6.54 Å². The molecule has 3 rings (SSSR count). The van der Waals surface area contributed by atoms with Gasteiger partial charge in [0.2, 0.25) is 0 Å². The van der Waals surface area contributed by atoms with Crippen LogP contribution in [0.2, 0.25) is 0 Å². The Labute approximate surface area is 124 Å². The van der Waals surface area contributed by atoms with E-state index in [0.29, 0.717) is 12.5 Å². The molecule has 0 aliphatic carbocycles. The van der Waals surface area contributed by atoms with Crippen LogP contribution in [0, 0.1) is 11.3 Å². The summed E-state index contributed by atoms with van der Waals surface area (Å²) in [4.78, 5) is 4.74. The predicted molar refractivity (Wildman–Crippen MR) is 84.1 cm³/mol. The summed E-state index contributed by atoms with van der Waals surface area (Å²) in [6, 6.07) is 18.2. The second-order valence-electron chi connectivity index (χ2n) is 5.47. The van der Waals surface area contributed by atoms with Gasteiger partial charge in [-0.25, -0.2) is 4.98 Å². The highest BCUT2D eigenvalue weighted by molar-refractivity contribution is 5.76. The van der Waals surface area contributed by atoms with E-state index >= 15 is 0 Å². The molecule has 104 valence electrons. The highest BCUT2D eigenvalue weighted by Gasteiger charge is 2.14. The topological polar surface area (TPSA) is 41.6 Å². The normalized spacial score (nSPS) is 11.0. The van der Waals surface area contributed by atoms with Crippen LogP contribution in [0.15, 0.2) is 48.5 Å². The number of nitrogens with zero attached hydrogens (tertiary/aromatic N) is 3. The summed E-state index contributed by atoms with van der Waals surface area (Å²) in [6.07, 6.45) is 0. The Morgan fingerprint density at radius 3 is 2.57 bits per heavy atom. The molecule has 0 amide bonds. The van der Waals surface area contributed by atoms with E-state index in [1.54, 1.807) is 0 Å². The zero-order valence-electron chi connectivity index (χ0n) is 12.2. The van der Waals surface area contributed by atoms with Gasteiger partial charge in [0.15, 0.2) is 0 Å². The summed E-state index contributed by atoms with van der Waals surface area (Å²) < 4.78 is 2.22. The molecule has 3 heteroatoms. The summed E-state index contributed by atoms with van der Waals surface area (Å²) in [5.41, 5.74) is 3.89. The van der Waals surface area contributed by atoms with Crippen molar-refractivity contribution in [2.45, 2.75) is 26.3 Å². The van der Waals surface area contributed by atoms with Crippen LogP contribution in [-0.4, -0.2) is 9.55 Å². The minimum absolute atomic E-state index is 0.339. The summed E-state index contributed by atoms with van der Waals surface area (Å²) in [5, 5.41) is 9.26. The second-order valence-corrected chi connectivity index (χ2v) is 5.47. The average Bonchev–Trinajstić information content (AvgIpc) is 2.87. The first kappa shape index (κ1) is 13.4. The molecular weight excluding hydrogens is 258 g/mol. The Kier molecular flexibility index (Phi) is 3.45. The molecule has 0 saturated carbocycles. The molecule has 0 unspecified atom stereocenters. The lowest BCUT2D eigenvalue weighted by molar-refractivity contribution is 0.683. The van der Waals surface area contributed by atoms with Gasteiger partial charge in [-0.2, -0.15) is 5.26 Å². The van der Waals surface area contributed by atoms with Crippen molar-refractivity contribution in [3.8, 4) is 6.07 Å². The molecule has 0 aliphatic rings. The molecule has 0 radical (unpaired) electrons. The van der Waals surface area contributed by atoms with E-state index in [9.17, 15) is 5.26 Å². The van der Waals surface area contributed by atoms with E-state index in [1.807, 2.05) is 42.5 Å². The number of rotatable bonds is 3. The van der Waals surface area contributed by atoms with Crippen LogP contribution in [0.25, 0.3) is 11.0 Å².